The first-order valence-corrected chi connectivity index (χ1v) is 6.60. The summed E-state index contributed by atoms with van der Waals surface area (Å²) < 4.78 is 7.72. The minimum absolute atomic E-state index is 0.242. The van der Waals surface area contributed by atoms with Crippen molar-refractivity contribution in [2.24, 2.45) is 0 Å². The average molecular weight is 273 g/mol. The maximum atomic E-state index is 5.44. The summed E-state index contributed by atoms with van der Waals surface area (Å²) in [6.45, 7) is 3.99. The number of hydrogen-bond donors (Lipinski definition) is 0. The summed E-state index contributed by atoms with van der Waals surface area (Å²) in [4.78, 5) is 4.38. The van der Waals surface area contributed by atoms with Crippen molar-refractivity contribution in [3.63, 3.8) is 0 Å². The molecule has 1 aliphatic rings. The van der Waals surface area contributed by atoms with Gasteiger partial charge in [0.2, 0.25) is 0 Å². The molecule has 0 amide bonds. The lowest BCUT2D eigenvalue weighted by molar-refractivity contribution is 0.0188. The lowest BCUT2D eigenvalue weighted by Gasteiger charge is -2.37. The third-order valence-corrected chi connectivity index (χ3v) is 3.98. The molecule has 3 nitrogen and oxygen atoms in total. The third kappa shape index (κ3) is 2.11. The van der Waals surface area contributed by atoms with Crippen molar-refractivity contribution in [2.45, 2.75) is 37.1 Å². The molecule has 1 aromatic rings. The van der Waals surface area contributed by atoms with Crippen LogP contribution in [-0.4, -0.2) is 22.8 Å². The first-order valence-electron chi connectivity index (χ1n) is 5.48. The van der Waals surface area contributed by atoms with Crippen LogP contribution in [0.4, 0.5) is 0 Å². The van der Waals surface area contributed by atoms with Crippen molar-refractivity contribution in [2.75, 3.05) is 13.2 Å². The highest BCUT2D eigenvalue weighted by atomic mass is 79.9. The Bertz CT molecular complexity index is 318. The van der Waals surface area contributed by atoms with Crippen molar-refractivity contribution in [3.05, 3.63) is 18.2 Å². The molecule has 1 fully saturated rings. The summed E-state index contributed by atoms with van der Waals surface area (Å²) in [5.74, 6) is 0. The Balaban J connectivity index is 2.24. The van der Waals surface area contributed by atoms with Crippen LogP contribution >= 0.6 is 15.9 Å². The van der Waals surface area contributed by atoms with Gasteiger partial charge in [-0.05, 0) is 19.3 Å². The Labute approximate surface area is 99.0 Å². The summed E-state index contributed by atoms with van der Waals surface area (Å²) in [6.07, 6.45) is 7.46. The number of aromatic nitrogens is 2. The molecule has 0 atom stereocenters. The van der Waals surface area contributed by atoms with Gasteiger partial charge in [-0.3, -0.25) is 0 Å². The second-order valence-electron chi connectivity index (χ2n) is 4.10. The van der Waals surface area contributed by atoms with E-state index in [4.69, 9.17) is 4.74 Å². The van der Waals surface area contributed by atoms with E-state index in [0.29, 0.717) is 0 Å². The summed E-state index contributed by atoms with van der Waals surface area (Å²) in [5, 5.41) is 0.830. The van der Waals surface area contributed by atoms with Gasteiger partial charge in [-0.1, -0.05) is 22.9 Å². The molecule has 84 valence electrons. The number of nitrogens with zero attached hydrogens (tertiary/aromatic N) is 2. The standard InChI is InChI=1S/C11H17BrN2O/c1-2-11(3-5-15-6-4-11)14-8-10(7-12)13-9-14/h8-9H,2-7H2,1H3. The van der Waals surface area contributed by atoms with E-state index in [9.17, 15) is 0 Å². The van der Waals surface area contributed by atoms with Gasteiger partial charge < -0.3 is 9.30 Å². The number of ether oxygens (including phenoxy) is 1. The van der Waals surface area contributed by atoms with Gasteiger partial charge in [0.1, 0.15) is 0 Å². The molecule has 0 N–H and O–H groups in total. The summed E-state index contributed by atoms with van der Waals surface area (Å²) in [6, 6.07) is 0. The fraction of sp³-hybridized carbons (Fsp3) is 0.727. The highest BCUT2D eigenvalue weighted by Crippen LogP contribution is 2.32. The van der Waals surface area contributed by atoms with Gasteiger partial charge in [-0.25, -0.2) is 4.98 Å². The quantitative estimate of drug-likeness (QED) is 0.792. The molecule has 1 aliphatic heterocycles. The Morgan fingerprint density at radius 1 is 1.53 bits per heavy atom. The Morgan fingerprint density at radius 3 is 2.80 bits per heavy atom. The molecule has 0 saturated carbocycles. The number of imidazole rings is 1. The van der Waals surface area contributed by atoms with Crippen LogP contribution < -0.4 is 0 Å². The molecule has 1 aromatic heterocycles. The highest BCUT2D eigenvalue weighted by molar-refractivity contribution is 9.08. The number of halogens is 1. The number of alkyl halides is 1. The predicted octanol–water partition coefficient (Wildman–Crippen LogP) is 2.69. The van der Waals surface area contributed by atoms with E-state index in [1.165, 1.54) is 0 Å². The van der Waals surface area contributed by atoms with Crippen LogP contribution in [-0.2, 0) is 15.6 Å². The zero-order chi connectivity index (χ0) is 10.7. The molecule has 0 unspecified atom stereocenters. The maximum absolute atomic E-state index is 5.44. The van der Waals surface area contributed by atoms with Gasteiger partial charge in [-0.15, -0.1) is 0 Å². The van der Waals surface area contributed by atoms with Gasteiger partial charge in [0.05, 0.1) is 12.0 Å². The smallest absolute Gasteiger partial charge is 0.0955 e. The fourth-order valence-corrected chi connectivity index (χ4v) is 2.53. The Hall–Kier alpha value is -0.350. The molecule has 15 heavy (non-hydrogen) atoms. The minimum Gasteiger partial charge on any atom is -0.381 e. The van der Waals surface area contributed by atoms with Gasteiger partial charge in [0, 0.05) is 30.3 Å². The van der Waals surface area contributed by atoms with Crippen LogP contribution in [0, 0.1) is 0 Å². The molecule has 2 heterocycles. The molecule has 0 bridgehead atoms. The number of hydrogen-bond acceptors (Lipinski definition) is 2. The van der Waals surface area contributed by atoms with Gasteiger partial charge in [0.15, 0.2) is 0 Å². The van der Waals surface area contributed by atoms with Crippen molar-refractivity contribution in [1.29, 1.82) is 0 Å². The molecular weight excluding hydrogens is 256 g/mol. The molecule has 1 saturated heterocycles. The third-order valence-electron chi connectivity index (χ3n) is 3.40. The topological polar surface area (TPSA) is 27.1 Å². The lowest BCUT2D eigenvalue weighted by Crippen LogP contribution is -2.38. The SMILES string of the molecule is CCC1(n2cnc(CBr)c2)CCOCC1. The molecule has 0 radical (unpaired) electrons. The van der Waals surface area contributed by atoms with Crippen LogP contribution in [0.25, 0.3) is 0 Å². The monoisotopic (exact) mass is 272 g/mol. The minimum atomic E-state index is 0.242. The predicted molar refractivity (Wildman–Crippen MR) is 63.2 cm³/mol. The zero-order valence-electron chi connectivity index (χ0n) is 9.08. The zero-order valence-corrected chi connectivity index (χ0v) is 10.7. The lowest BCUT2D eigenvalue weighted by atomic mass is 9.87. The molecule has 0 aromatic carbocycles. The van der Waals surface area contributed by atoms with Crippen molar-refractivity contribution in [3.8, 4) is 0 Å². The Kier molecular flexibility index (Phi) is 3.46. The van der Waals surface area contributed by atoms with E-state index < -0.39 is 0 Å². The fourth-order valence-electron chi connectivity index (χ4n) is 2.24. The van der Waals surface area contributed by atoms with E-state index in [1.54, 1.807) is 0 Å². The molecule has 0 spiro atoms. The van der Waals surface area contributed by atoms with Gasteiger partial charge in [-0.2, -0.15) is 0 Å². The van der Waals surface area contributed by atoms with Gasteiger partial charge in [0.25, 0.3) is 0 Å². The summed E-state index contributed by atoms with van der Waals surface area (Å²) in [5.41, 5.74) is 1.35. The van der Waals surface area contributed by atoms with Crippen LogP contribution in [0.2, 0.25) is 0 Å². The summed E-state index contributed by atoms with van der Waals surface area (Å²) >= 11 is 3.43. The van der Waals surface area contributed by atoms with Crippen LogP contribution in [0.5, 0.6) is 0 Å². The van der Waals surface area contributed by atoms with Crippen LogP contribution in [0.15, 0.2) is 12.5 Å². The summed E-state index contributed by atoms with van der Waals surface area (Å²) in [7, 11) is 0. The molecule has 0 aliphatic carbocycles. The molecular formula is C11H17BrN2O. The normalized spacial score (nSPS) is 20.4. The molecule has 2 rings (SSSR count). The van der Waals surface area contributed by atoms with Crippen LogP contribution in [0.3, 0.4) is 0 Å². The Morgan fingerprint density at radius 2 is 2.27 bits per heavy atom. The first kappa shape index (κ1) is 11.1. The average Bonchev–Trinajstić information content (AvgIpc) is 2.79. The maximum Gasteiger partial charge on any atom is 0.0955 e. The largest absolute Gasteiger partial charge is 0.381 e. The molecule has 4 heteroatoms. The van der Waals surface area contributed by atoms with Crippen molar-refractivity contribution < 1.29 is 4.74 Å². The second-order valence-corrected chi connectivity index (χ2v) is 4.66. The van der Waals surface area contributed by atoms with E-state index in [-0.39, 0.29) is 5.54 Å². The first-order chi connectivity index (χ1) is 7.30. The number of rotatable bonds is 3. The second kappa shape index (κ2) is 4.66. The van der Waals surface area contributed by atoms with Crippen molar-refractivity contribution in [1.82, 2.24) is 9.55 Å². The van der Waals surface area contributed by atoms with Crippen molar-refractivity contribution >= 4 is 15.9 Å². The van der Waals surface area contributed by atoms with E-state index in [2.05, 4.69) is 38.6 Å². The van der Waals surface area contributed by atoms with Crippen LogP contribution in [0.1, 0.15) is 31.9 Å². The van der Waals surface area contributed by atoms with Gasteiger partial charge >= 0.3 is 0 Å². The van der Waals surface area contributed by atoms with E-state index in [1.807, 2.05) is 6.33 Å². The highest BCUT2D eigenvalue weighted by Gasteiger charge is 2.32. The van der Waals surface area contributed by atoms with E-state index in [0.717, 1.165) is 43.5 Å². The van der Waals surface area contributed by atoms with E-state index >= 15 is 0 Å².